The highest BCUT2D eigenvalue weighted by atomic mass is 16.5. The first-order chi connectivity index (χ1) is 17.7. The topological polar surface area (TPSA) is 98.1 Å². The minimum atomic E-state index is 0.766. The van der Waals surface area contributed by atoms with Gasteiger partial charge >= 0.3 is 0 Å². The van der Waals surface area contributed by atoms with E-state index in [1.165, 1.54) is 5.56 Å². The van der Waals surface area contributed by atoms with Crippen molar-refractivity contribution >= 4 is 41.3 Å². The predicted octanol–water partition coefficient (Wildman–Crippen LogP) is 4.88. The number of nitrogens with one attached hydrogen (secondary N) is 2. The maximum atomic E-state index is 8.00. The lowest BCUT2D eigenvalue weighted by Crippen LogP contribution is -2.10. The number of carbonyl (C=O) groups excluding carboxylic acids is 2. The van der Waals surface area contributed by atoms with Crippen LogP contribution in [0.1, 0.15) is 38.1 Å². The highest BCUT2D eigenvalue weighted by molar-refractivity contribution is 6.07. The standard InChI is InChI=1S/C24H29N5O.C2H6.2CH2O/c1-25-14-6-7-15-29-21(16-17-10-12-18(30-3)13-11-17)28-22-23(29)19-8-4-5-9-20(19)27-24(22)26-2;3*1-2/h4-5,8-13,25H,6-7,14-16H2,1-3H3,(H,26,27);1-2H3;2*1H2. The van der Waals surface area contributed by atoms with Gasteiger partial charge in [0.15, 0.2) is 5.82 Å². The number of ether oxygens (including phenoxy) is 1. The summed E-state index contributed by atoms with van der Waals surface area (Å²) in [4.78, 5) is 25.9. The van der Waals surface area contributed by atoms with Crippen LogP contribution in [0.2, 0.25) is 0 Å². The quantitative estimate of drug-likeness (QED) is 0.321. The molecule has 2 N–H and O–H groups in total. The number of imidazole rings is 1. The van der Waals surface area contributed by atoms with Gasteiger partial charge in [-0.1, -0.05) is 44.2 Å². The summed E-state index contributed by atoms with van der Waals surface area (Å²) in [6, 6.07) is 16.6. The fourth-order valence-corrected chi connectivity index (χ4v) is 3.93. The molecule has 0 bridgehead atoms. The zero-order chi connectivity index (χ0) is 26.9. The van der Waals surface area contributed by atoms with E-state index < -0.39 is 0 Å². The van der Waals surface area contributed by atoms with Crippen LogP contribution < -0.4 is 15.4 Å². The number of hydrogen-bond acceptors (Lipinski definition) is 7. The minimum Gasteiger partial charge on any atom is -0.497 e. The Morgan fingerprint density at radius 2 is 1.58 bits per heavy atom. The Balaban J connectivity index is 0.00000101. The molecule has 0 saturated carbocycles. The second kappa shape index (κ2) is 16.8. The third-order valence-electron chi connectivity index (χ3n) is 5.48. The summed E-state index contributed by atoms with van der Waals surface area (Å²) in [6.45, 7) is 9.95. The lowest BCUT2D eigenvalue weighted by molar-refractivity contribution is -0.0987. The normalized spacial score (nSPS) is 9.81. The lowest BCUT2D eigenvalue weighted by Gasteiger charge is -2.12. The molecule has 2 heterocycles. The molecule has 194 valence electrons. The van der Waals surface area contributed by atoms with E-state index >= 15 is 0 Å². The van der Waals surface area contributed by atoms with Gasteiger partial charge in [0.05, 0.1) is 18.1 Å². The van der Waals surface area contributed by atoms with Gasteiger partial charge in [0, 0.05) is 25.4 Å². The maximum absolute atomic E-state index is 8.00. The van der Waals surface area contributed by atoms with Crippen LogP contribution in [0.5, 0.6) is 5.75 Å². The molecule has 0 saturated heterocycles. The van der Waals surface area contributed by atoms with Gasteiger partial charge in [-0.15, -0.1) is 0 Å². The van der Waals surface area contributed by atoms with Crippen molar-refractivity contribution in [3.63, 3.8) is 0 Å². The van der Waals surface area contributed by atoms with E-state index in [4.69, 9.17) is 24.3 Å². The van der Waals surface area contributed by atoms with Crippen molar-refractivity contribution in [1.82, 2.24) is 19.9 Å². The zero-order valence-electron chi connectivity index (χ0n) is 22.1. The van der Waals surface area contributed by atoms with E-state index in [2.05, 4.69) is 45.5 Å². The average Bonchev–Trinajstić information content (AvgIpc) is 3.32. The summed E-state index contributed by atoms with van der Waals surface area (Å²) >= 11 is 0. The Morgan fingerprint density at radius 3 is 2.19 bits per heavy atom. The molecule has 4 aromatic rings. The van der Waals surface area contributed by atoms with Crippen molar-refractivity contribution in [3.05, 3.63) is 59.9 Å². The number of para-hydroxylation sites is 1. The Bertz CT molecular complexity index is 1170. The summed E-state index contributed by atoms with van der Waals surface area (Å²) in [5.74, 6) is 2.76. The molecule has 4 rings (SSSR count). The van der Waals surface area contributed by atoms with Gasteiger partial charge in [-0.3, -0.25) is 0 Å². The van der Waals surface area contributed by atoms with Gasteiger partial charge in [0.25, 0.3) is 0 Å². The van der Waals surface area contributed by atoms with E-state index in [0.717, 1.165) is 71.7 Å². The fraction of sp³-hybridized carbons (Fsp3) is 0.357. The Kier molecular flexibility index (Phi) is 14.1. The molecule has 0 spiro atoms. The van der Waals surface area contributed by atoms with Crippen molar-refractivity contribution in [3.8, 4) is 5.75 Å². The second-order valence-electron chi connectivity index (χ2n) is 7.44. The first-order valence-electron chi connectivity index (χ1n) is 12.1. The van der Waals surface area contributed by atoms with E-state index in [0.29, 0.717) is 0 Å². The molecule has 0 radical (unpaired) electrons. The Labute approximate surface area is 214 Å². The van der Waals surface area contributed by atoms with Gasteiger partial charge in [0.1, 0.15) is 30.7 Å². The number of pyridine rings is 1. The molecule has 0 aliphatic heterocycles. The number of fused-ring (bicyclic) bond motifs is 3. The minimum absolute atomic E-state index is 0.766. The number of hydrogen-bond donors (Lipinski definition) is 2. The first kappa shape index (κ1) is 30.3. The highest BCUT2D eigenvalue weighted by Gasteiger charge is 2.18. The predicted molar refractivity (Wildman–Crippen MR) is 149 cm³/mol. The zero-order valence-corrected chi connectivity index (χ0v) is 22.1. The third kappa shape index (κ3) is 7.36. The van der Waals surface area contributed by atoms with E-state index in [-0.39, 0.29) is 0 Å². The molecule has 0 amide bonds. The van der Waals surface area contributed by atoms with Gasteiger partial charge in [0.2, 0.25) is 0 Å². The van der Waals surface area contributed by atoms with Gasteiger partial charge < -0.3 is 29.5 Å². The highest BCUT2D eigenvalue weighted by Crippen LogP contribution is 2.31. The number of aromatic nitrogens is 3. The van der Waals surface area contributed by atoms with Crippen LogP contribution in [0.4, 0.5) is 5.82 Å². The average molecular weight is 494 g/mol. The monoisotopic (exact) mass is 493 g/mol. The second-order valence-corrected chi connectivity index (χ2v) is 7.44. The summed E-state index contributed by atoms with van der Waals surface area (Å²) in [7, 11) is 5.60. The number of aryl methyl sites for hydroxylation is 1. The van der Waals surface area contributed by atoms with Gasteiger partial charge in [-0.2, -0.15) is 0 Å². The molecule has 0 fully saturated rings. The number of rotatable bonds is 9. The van der Waals surface area contributed by atoms with Crippen molar-refractivity contribution < 1.29 is 14.3 Å². The lowest BCUT2D eigenvalue weighted by atomic mass is 10.1. The van der Waals surface area contributed by atoms with Crippen molar-refractivity contribution in [2.24, 2.45) is 0 Å². The number of unbranched alkanes of at least 4 members (excludes halogenated alkanes) is 1. The smallest absolute Gasteiger partial charge is 0.154 e. The number of anilines is 1. The molecule has 0 unspecified atom stereocenters. The molecule has 0 aliphatic rings. The van der Waals surface area contributed by atoms with Crippen LogP contribution in [0, 0.1) is 0 Å². The maximum Gasteiger partial charge on any atom is 0.154 e. The van der Waals surface area contributed by atoms with Crippen LogP contribution >= 0.6 is 0 Å². The van der Waals surface area contributed by atoms with Crippen molar-refractivity contribution in [2.75, 3.05) is 33.1 Å². The van der Waals surface area contributed by atoms with Crippen LogP contribution in [0.25, 0.3) is 21.9 Å². The van der Waals surface area contributed by atoms with E-state index in [9.17, 15) is 0 Å². The summed E-state index contributed by atoms with van der Waals surface area (Å²) in [5.41, 5.74) is 4.30. The molecule has 2 aromatic heterocycles. The van der Waals surface area contributed by atoms with Crippen LogP contribution in [0.15, 0.2) is 48.5 Å². The largest absolute Gasteiger partial charge is 0.497 e. The molecule has 2 aromatic carbocycles. The van der Waals surface area contributed by atoms with E-state index in [1.54, 1.807) is 7.11 Å². The summed E-state index contributed by atoms with van der Waals surface area (Å²) in [6.07, 6.45) is 2.98. The number of benzene rings is 2. The molecule has 0 aliphatic carbocycles. The van der Waals surface area contributed by atoms with Crippen LogP contribution in [0.3, 0.4) is 0 Å². The first-order valence-corrected chi connectivity index (χ1v) is 12.1. The molecule has 0 atom stereocenters. The SMILES string of the molecule is C=O.C=O.CC.CNCCCCn1c(Cc2ccc(OC)cc2)nc2c(NC)nc3ccccc3c21. The number of nitrogens with zero attached hydrogens (tertiary/aromatic N) is 3. The van der Waals surface area contributed by atoms with Gasteiger partial charge in [-0.25, -0.2) is 9.97 Å². The Morgan fingerprint density at radius 1 is 0.917 bits per heavy atom. The summed E-state index contributed by atoms with van der Waals surface area (Å²) < 4.78 is 7.69. The third-order valence-corrected chi connectivity index (χ3v) is 5.48. The fourth-order valence-electron chi connectivity index (χ4n) is 3.93. The van der Waals surface area contributed by atoms with Crippen LogP contribution in [-0.4, -0.2) is 55.9 Å². The molecular weight excluding hydrogens is 454 g/mol. The molecule has 36 heavy (non-hydrogen) atoms. The number of carbonyl (C=O) groups is 2. The van der Waals surface area contributed by atoms with Crippen LogP contribution in [-0.2, 0) is 22.6 Å². The summed E-state index contributed by atoms with van der Waals surface area (Å²) in [5, 5.41) is 7.63. The van der Waals surface area contributed by atoms with E-state index in [1.807, 2.05) is 59.7 Å². The van der Waals surface area contributed by atoms with Crippen molar-refractivity contribution in [1.29, 1.82) is 0 Å². The Hall–Kier alpha value is -3.78. The number of methoxy groups -OCH3 is 1. The molecule has 8 heteroatoms. The molecule has 8 nitrogen and oxygen atoms in total. The van der Waals surface area contributed by atoms with Gasteiger partial charge in [-0.05, 0) is 50.2 Å². The van der Waals surface area contributed by atoms with Crippen molar-refractivity contribution in [2.45, 2.75) is 39.7 Å². The molecular formula is C28H39N5O3.